The highest BCUT2D eigenvalue weighted by Gasteiger charge is 2.14. The molecule has 0 unspecified atom stereocenters. The van der Waals surface area contributed by atoms with E-state index in [0.717, 1.165) is 19.5 Å². The number of rotatable bonds is 4. The van der Waals surface area contributed by atoms with Crippen molar-refractivity contribution in [2.75, 3.05) is 13.1 Å². The first-order valence-corrected chi connectivity index (χ1v) is 5.36. The van der Waals surface area contributed by atoms with Gasteiger partial charge in [0.15, 0.2) is 0 Å². The van der Waals surface area contributed by atoms with Gasteiger partial charge in [0.05, 0.1) is 12.5 Å². The Kier molecular flexibility index (Phi) is 3.34. The second kappa shape index (κ2) is 4.93. The number of nitrogens with zero attached hydrogens (tertiary/aromatic N) is 1. The third kappa shape index (κ3) is 2.79. The number of aromatic amines is 1. The van der Waals surface area contributed by atoms with Gasteiger partial charge in [0.1, 0.15) is 5.69 Å². The number of hydrogen-bond acceptors (Lipinski definition) is 3. The van der Waals surface area contributed by atoms with Crippen LogP contribution < -0.4 is 10.6 Å². The fourth-order valence-corrected chi connectivity index (χ4v) is 1.84. The molecule has 1 aliphatic rings. The average molecular weight is 208 g/mol. The molecular formula is C10H16N4O. The summed E-state index contributed by atoms with van der Waals surface area (Å²) in [6, 6.07) is 0.576. The highest BCUT2D eigenvalue weighted by molar-refractivity contribution is 5.91. The summed E-state index contributed by atoms with van der Waals surface area (Å²) in [5.74, 6) is -0.0782. The summed E-state index contributed by atoms with van der Waals surface area (Å²) in [6.07, 6.45) is 6.51. The van der Waals surface area contributed by atoms with E-state index in [9.17, 15) is 4.79 Å². The predicted molar refractivity (Wildman–Crippen MR) is 56.6 cm³/mol. The maximum absolute atomic E-state index is 11.5. The van der Waals surface area contributed by atoms with Crippen molar-refractivity contribution in [2.45, 2.75) is 25.3 Å². The summed E-state index contributed by atoms with van der Waals surface area (Å²) in [6.45, 7) is 1.83. The zero-order valence-corrected chi connectivity index (χ0v) is 8.62. The Morgan fingerprint density at radius 1 is 1.67 bits per heavy atom. The minimum atomic E-state index is -0.0782. The fourth-order valence-electron chi connectivity index (χ4n) is 1.84. The van der Waals surface area contributed by atoms with Gasteiger partial charge in [-0.15, -0.1) is 0 Å². The SMILES string of the molecule is O=C(NCC[C@H]1CCCN1)c1cnc[nH]1. The van der Waals surface area contributed by atoms with Gasteiger partial charge in [-0.2, -0.15) is 0 Å². The summed E-state index contributed by atoms with van der Waals surface area (Å²) in [4.78, 5) is 18.1. The topological polar surface area (TPSA) is 69.8 Å². The van der Waals surface area contributed by atoms with Crippen LogP contribution in [0.2, 0.25) is 0 Å². The van der Waals surface area contributed by atoms with Crippen LogP contribution >= 0.6 is 0 Å². The van der Waals surface area contributed by atoms with E-state index in [1.54, 1.807) is 0 Å². The second-order valence-electron chi connectivity index (χ2n) is 3.80. The van der Waals surface area contributed by atoms with E-state index < -0.39 is 0 Å². The number of carbonyl (C=O) groups excluding carboxylic acids is 1. The van der Waals surface area contributed by atoms with Crippen LogP contribution in [0.3, 0.4) is 0 Å². The molecule has 1 saturated heterocycles. The molecule has 1 fully saturated rings. The van der Waals surface area contributed by atoms with Gasteiger partial charge in [-0.1, -0.05) is 0 Å². The largest absolute Gasteiger partial charge is 0.351 e. The Bertz CT molecular complexity index is 303. The standard InChI is InChI=1S/C10H16N4O/c15-10(9-6-11-7-14-9)13-5-3-8-2-1-4-12-8/h6-8,12H,1-5H2,(H,11,14)(H,13,15)/t8-/m1/s1. The van der Waals surface area contributed by atoms with Crippen molar-refractivity contribution in [3.05, 3.63) is 18.2 Å². The minimum Gasteiger partial charge on any atom is -0.351 e. The van der Waals surface area contributed by atoms with Crippen molar-refractivity contribution in [1.82, 2.24) is 20.6 Å². The van der Waals surface area contributed by atoms with Crippen molar-refractivity contribution in [3.8, 4) is 0 Å². The first-order chi connectivity index (χ1) is 7.36. The van der Waals surface area contributed by atoms with Crippen LogP contribution in [-0.2, 0) is 0 Å². The lowest BCUT2D eigenvalue weighted by Crippen LogP contribution is -2.30. The van der Waals surface area contributed by atoms with Crippen molar-refractivity contribution >= 4 is 5.91 Å². The molecule has 1 aliphatic heterocycles. The van der Waals surface area contributed by atoms with Gasteiger partial charge >= 0.3 is 0 Å². The summed E-state index contributed by atoms with van der Waals surface area (Å²) in [7, 11) is 0. The summed E-state index contributed by atoms with van der Waals surface area (Å²) >= 11 is 0. The molecule has 1 atom stereocenters. The lowest BCUT2D eigenvalue weighted by Gasteiger charge is -2.09. The number of amides is 1. The molecule has 0 aliphatic carbocycles. The number of hydrogen-bond donors (Lipinski definition) is 3. The quantitative estimate of drug-likeness (QED) is 0.665. The molecule has 5 nitrogen and oxygen atoms in total. The number of aromatic nitrogens is 2. The normalized spacial score (nSPS) is 20.4. The Morgan fingerprint density at radius 2 is 2.60 bits per heavy atom. The van der Waals surface area contributed by atoms with Crippen molar-refractivity contribution in [3.63, 3.8) is 0 Å². The molecule has 2 heterocycles. The molecule has 0 spiro atoms. The predicted octanol–water partition coefficient (Wildman–Crippen LogP) is 0.282. The highest BCUT2D eigenvalue weighted by Crippen LogP contribution is 2.07. The zero-order chi connectivity index (χ0) is 10.5. The van der Waals surface area contributed by atoms with E-state index in [1.165, 1.54) is 25.4 Å². The molecular weight excluding hydrogens is 192 g/mol. The molecule has 3 N–H and O–H groups in total. The molecule has 0 saturated carbocycles. The van der Waals surface area contributed by atoms with Gasteiger partial charge in [0.25, 0.3) is 5.91 Å². The van der Waals surface area contributed by atoms with Crippen LogP contribution in [0.25, 0.3) is 0 Å². The van der Waals surface area contributed by atoms with Gasteiger partial charge in [-0.25, -0.2) is 4.98 Å². The molecule has 0 bridgehead atoms. The number of carbonyl (C=O) groups is 1. The van der Waals surface area contributed by atoms with E-state index in [4.69, 9.17) is 0 Å². The van der Waals surface area contributed by atoms with E-state index in [2.05, 4.69) is 20.6 Å². The molecule has 15 heavy (non-hydrogen) atoms. The third-order valence-electron chi connectivity index (χ3n) is 2.68. The molecule has 1 aromatic rings. The molecule has 0 radical (unpaired) electrons. The number of nitrogens with one attached hydrogen (secondary N) is 3. The number of imidazole rings is 1. The number of H-pyrrole nitrogens is 1. The highest BCUT2D eigenvalue weighted by atomic mass is 16.1. The van der Waals surface area contributed by atoms with Crippen molar-refractivity contribution < 1.29 is 4.79 Å². The summed E-state index contributed by atoms with van der Waals surface area (Å²) in [5, 5.41) is 6.26. The minimum absolute atomic E-state index is 0.0782. The lowest BCUT2D eigenvalue weighted by molar-refractivity contribution is 0.0948. The first kappa shape index (κ1) is 10.2. The first-order valence-electron chi connectivity index (χ1n) is 5.36. The summed E-state index contributed by atoms with van der Waals surface area (Å²) < 4.78 is 0. The van der Waals surface area contributed by atoms with Crippen molar-refractivity contribution in [2.24, 2.45) is 0 Å². The van der Waals surface area contributed by atoms with Gasteiger partial charge in [0.2, 0.25) is 0 Å². The third-order valence-corrected chi connectivity index (χ3v) is 2.68. The smallest absolute Gasteiger partial charge is 0.269 e. The van der Waals surface area contributed by atoms with E-state index >= 15 is 0 Å². The summed E-state index contributed by atoms with van der Waals surface area (Å²) in [5.41, 5.74) is 0.523. The van der Waals surface area contributed by atoms with Crippen LogP contribution in [0.4, 0.5) is 0 Å². The Hall–Kier alpha value is -1.36. The molecule has 82 valence electrons. The van der Waals surface area contributed by atoms with E-state index in [1.807, 2.05) is 0 Å². The van der Waals surface area contributed by atoms with Crippen molar-refractivity contribution in [1.29, 1.82) is 0 Å². The maximum atomic E-state index is 11.5. The van der Waals surface area contributed by atoms with Gasteiger partial charge < -0.3 is 15.6 Å². The average Bonchev–Trinajstić information content (AvgIpc) is 2.90. The lowest BCUT2D eigenvalue weighted by atomic mass is 10.1. The van der Waals surface area contributed by atoms with Crippen LogP contribution in [0.5, 0.6) is 0 Å². The van der Waals surface area contributed by atoms with Crippen LogP contribution in [-0.4, -0.2) is 35.0 Å². The van der Waals surface area contributed by atoms with Crippen LogP contribution in [0.15, 0.2) is 12.5 Å². The fraction of sp³-hybridized carbons (Fsp3) is 0.600. The molecule has 2 rings (SSSR count). The Balaban J connectivity index is 1.67. The molecule has 5 heteroatoms. The van der Waals surface area contributed by atoms with Gasteiger partial charge in [-0.3, -0.25) is 4.79 Å². The maximum Gasteiger partial charge on any atom is 0.269 e. The van der Waals surface area contributed by atoms with E-state index in [0.29, 0.717) is 11.7 Å². The van der Waals surface area contributed by atoms with Gasteiger partial charge in [0, 0.05) is 12.6 Å². The van der Waals surface area contributed by atoms with Crippen LogP contribution in [0.1, 0.15) is 29.8 Å². The zero-order valence-electron chi connectivity index (χ0n) is 8.62. The van der Waals surface area contributed by atoms with Crippen LogP contribution in [0, 0.1) is 0 Å². The van der Waals surface area contributed by atoms with E-state index in [-0.39, 0.29) is 5.91 Å². The Labute approximate surface area is 88.7 Å². The van der Waals surface area contributed by atoms with Gasteiger partial charge in [-0.05, 0) is 25.8 Å². The monoisotopic (exact) mass is 208 g/mol. The molecule has 1 aromatic heterocycles. The Morgan fingerprint density at radius 3 is 3.27 bits per heavy atom. The molecule has 1 amide bonds. The second-order valence-corrected chi connectivity index (χ2v) is 3.80. The molecule has 0 aromatic carbocycles.